The van der Waals surface area contributed by atoms with Crippen LogP contribution in [-0.2, 0) is 16.6 Å². The molecule has 1 heterocycles. The van der Waals surface area contributed by atoms with E-state index in [0.29, 0.717) is 0 Å². The van der Waals surface area contributed by atoms with Crippen molar-refractivity contribution in [2.24, 2.45) is 0 Å². The Labute approximate surface area is 174 Å². The van der Waals surface area contributed by atoms with Crippen LogP contribution in [0.15, 0.2) is 42.7 Å². The van der Waals surface area contributed by atoms with Crippen molar-refractivity contribution in [1.29, 1.82) is 0 Å². The molecule has 30 heavy (non-hydrogen) atoms. The Balaban J connectivity index is 2.08. The van der Waals surface area contributed by atoms with Gasteiger partial charge in [-0.2, -0.15) is 0 Å². The average Bonchev–Trinajstić information content (AvgIpc) is 3.18. The first kappa shape index (κ1) is 21.3. The average molecular weight is 431 g/mol. The summed E-state index contributed by atoms with van der Waals surface area (Å²) in [6, 6.07) is 8.57. The summed E-state index contributed by atoms with van der Waals surface area (Å²) >= 11 is 0. The van der Waals surface area contributed by atoms with E-state index in [0.717, 1.165) is 26.9 Å². The van der Waals surface area contributed by atoms with Crippen LogP contribution in [0.2, 0.25) is 0 Å². The van der Waals surface area contributed by atoms with E-state index in [4.69, 9.17) is 9.47 Å². The summed E-state index contributed by atoms with van der Waals surface area (Å²) in [5, 5.41) is 11.8. The van der Waals surface area contributed by atoms with Gasteiger partial charge in [0.05, 0.1) is 18.3 Å². The summed E-state index contributed by atoms with van der Waals surface area (Å²) < 4.78 is 36.0. The fourth-order valence-electron chi connectivity index (χ4n) is 3.02. The third-order valence-corrected chi connectivity index (χ3v) is 5.56. The van der Waals surface area contributed by atoms with E-state index < -0.39 is 14.9 Å². The molecule has 0 saturated carbocycles. The van der Waals surface area contributed by atoms with Crippen LogP contribution in [0.4, 0.5) is 5.69 Å². The van der Waals surface area contributed by atoms with Crippen molar-refractivity contribution in [3.05, 3.63) is 69.5 Å². The number of benzene rings is 2. The molecule has 0 aliphatic heterocycles. The highest BCUT2D eigenvalue weighted by Gasteiger charge is 2.25. The predicted octanol–water partition coefficient (Wildman–Crippen LogP) is 3.47. The van der Waals surface area contributed by atoms with Crippen molar-refractivity contribution in [3.8, 4) is 22.9 Å². The van der Waals surface area contributed by atoms with Gasteiger partial charge in [0.15, 0.2) is 11.6 Å². The van der Waals surface area contributed by atoms with Crippen molar-refractivity contribution in [2.45, 2.75) is 20.5 Å². The molecule has 0 radical (unpaired) electrons. The lowest BCUT2D eigenvalue weighted by Crippen LogP contribution is -2.11. The second-order valence-corrected chi connectivity index (χ2v) is 8.67. The fourth-order valence-corrected chi connectivity index (χ4v) is 3.76. The number of hydrogen-bond acceptors (Lipinski definition) is 7. The molecule has 0 atom stereocenters. The van der Waals surface area contributed by atoms with Crippen LogP contribution in [0, 0.1) is 24.0 Å². The van der Waals surface area contributed by atoms with Crippen LogP contribution in [0.25, 0.3) is 11.4 Å². The lowest BCUT2D eigenvalue weighted by Gasteiger charge is -2.14. The summed E-state index contributed by atoms with van der Waals surface area (Å²) in [6.45, 7) is 3.99. The smallest absolute Gasteiger partial charge is 0.315 e. The van der Waals surface area contributed by atoms with Gasteiger partial charge in [0.2, 0.25) is 15.8 Å². The van der Waals surface area contributed by atoms with E-state index in [1.807, 2.05) is 32.0 Å². The maximum atomic E-state index is 12.0. The minimum atomic E-state index is -3.64. The monoisotopic (exact) mass is 431 g/mol. The first-order valence-corrected chi connectivity index (χ1v) is 10.8. The van der Waals surface area contributed by atoms with Crippen LogP contribution in [0.3, 0.4) is 0 Å². The summed E-state index contributed by atoms with van der Waals surface area (Å²) in [5.41, 5.74) is 2.80. The van der Waals surface area contributed by atoms with Gasteiger partial charge in [-0.3, -0.25) is 10.1 Å². The van der Waals surface area contributed by atoms with Gasteiger partial charge in [-0.15, -0.1) is 0 Å². The van der Waals surface area contributed by atoms with Crippen LogP contribution in [-0.4, -0.2) is 35.7 Å². The molecular formula is C20H21N3O6S. The van der Waals surface area contributed by atoms with E-state index in [1.165, 1.54) is 31.6 Å². The number of hydrogen-bond donors (Lipinski definition) is 0. The number of ether oxygens (including phenoxy) is 2. The second kappa shape index (κ2) is 8.15. The molecule has 3 aromatic rings. The van der Waals surface area contributed by atoms with Gasteiger partial charge in [0.25, 0.3) is 0 Å². The first-order valence-electron chi connectivity index (χ1n) is 8.91. The molecule has 158 valence electrons. The highest BCUT2D eigenvalue weighted by atomic mass is 32.2. The number of nitro groups is 1. The molecule has 0 N–H and O–H groups in total. The maximum Gasteiger partial charge on any atom is 0.315 e. The summed E-state index contributed by atoms with van der Waals surface area (Å²) in [7, 11) is -2.29. The molecule has 0 saturated heterocycles. The number of rotatable bonds is 7. The van der Waals surface area contributed by atoms with E-state index in [9.17, 15) is 18.5 Å². The first-order chi connectivity index (χ1) is 14.1. The van der Waals surface area contributed by atoms with Crippen molar-refractivity contribution < 1.29 is 22.8 Å². The van der Waals surface area contributed by atoms with Crippen molar-refractivity contribution >= 4 is 15.7 Å². The zero-order valence-electron chi connectivity index (χ0n) is 16.9. The van der Waals surface area contributed by atoms with Crippen LogP contribution >= 0.6 is 0 Å². The Kier molecular flexibility index (Phi) is 5.79. The summed E-state index contributed by atoms with van der Waals surface area (Å²) in [4.78, 5) is 15.2. The van der Waals surface area contributed by atoms with Gasteiger partial charge < -0.3 is 9.47 Å². The minimum Gasteiger partial charge on any atom is -0.493 e. The molecule has 1 aromatic heterocycles. The molecule has 0 spiro atoms. The number of methoxy groups -OCH3 is 1. The quantitative estimate of drug-likeness (QED) is 0.416. The molecule has 0 bridgehead atoms. The number of imidazole rings is 1. The maximum absolute atomic E-state index is 12.0. The molecule has 3 rings (SSSR count). The standard InChI is InChI=1S/C20H21N3O6S/c1-13-5-6-14(2)16(9-13)12-29-19-17(23(24)25)10-15(11-18(19)28-3)20-21-7-8-22(20)30(4,26)27/h5-11H,12H2,1-4H3. The van der Waals surface area contributed by atoms with E-state index in [-0.39, 0.29) is 35.2 Å². The van der Waals surface area contributed by atoms with Gasteiger partial charge in [-0.05, 0) is 31.0 Å². The van der Waals surface area contributed by atoms with E-state index in [2.05, 4.69) is 4.98 Å². The van der Waals surface area contributed by atoms with Crippen molar-refractivity contribution in [2.75, 3.05) is 13.4 Å². The van der Waals surface area contributed by atoms with Gasteiger partial charge in [-0.25, -0.2) is 17.4 Å². The third-order valence-electron chi connectivity index (χ3n) is 4.55. The number of nitro benzene ring substituents is 1. The van der Waals surface area contributed by atoms with Gasteiger partial charge >= 0.3 is 5.69 Å². The molecular weight excluding hydrogens is 410 g/mol. The minimum absolute atomic E-state index is 0.0374. The van der Waals surface area contributed by atoms with Crippen LogP contribution in [0.5, 0.6) is 11.5 Å². The van der Waals surface area contributed by atoms with E-state index >= 15 is 0 Å². The van der Waals surface area contributed by atoms with Crippen molar-refractivity contribution in [1.82, 2.24) is 8.96 Å². The molecule has 0 unspecified atom stereocenters. The molecule has 0 aliphatic rings. The largest absolute Gasteiger partial charge is 0.493 e. The highest BCUT2D eigenvalue weighted by Crippen LogP contribution is 2.41. The number of aromatic nitrogens is 2. The topological polar surface area (TPSA) is 114 Å². The summed E-state index contributed by atoms with van der Waals surface area (Å²) in [5.74, 6) is 0.108. The lowest BCUT2D eigenvalue weighted by molar-refractivity contribution is -0.386. The molecule has 10 heteroatoms. The molecule has 2 aromatic carbocycles. The lowest BCUT2D eigenvalue weighted by atomic mass is 10.1. The molecule has 0 fully saturated rings. The Morgan fingerprint density at radius 2 is 1.93 bits per heavy atom. The van der Waals surface area contributed by atoms with Gasteiger partial charge in [0, 0.05) is 24.0 Å². The molecule has 9 nitrogen and oxygen atoms in total. The Hall–Kier alpha value is -3.40. The number of aryl methyl sites for hydroxylation is 2. The van der Waals surface area contributed by atoms with E-state index in [1.54, 1.807) is 0 Å². The number of nitrogens with zero attached hydrogens (tertiary/aromatic N) is 3. The van der Waals surface area contributed by atoms with Gasteiger partial charge in [-0.1, -0.05) is 23.8 Å². The highest BCUT2D eigenvalue weighted by molar-refractivity contribution is 7.89. The Bertz CT molecular complexity index is 1220. The van der Waals surface area contributed by atoms with Crippen LogP contribution < -0.4 is 9.47 Å². The summed E-state index contributed by atoms with van der Waals surface area (Å²) in [6.07, 6.45) is 3.60. The molecule has 0 amide bonds. The Morgan fingerprint density at radius 1 is 1.20 bits per heavy atom. The fraction of sp³-hybridized carbons (Fsp3) is 0.250. The third kappa shape index (κ3) is 4.28. The predicted molar refractivity (Wildman–Crippen MR) is 111 cm³/mol. The SMILES string of the molecule is COc1cc(-c2nccn2S(C)(=O)=O)cc([N+](=O)[O-])c1OCc1cc(C)ccc1C. The Morgan fingerprint density at radius 3 is 2.57 bits per heavy atom. The van der Waals surface area contributed by atoms with Gasteiger partial charge in [0.1, 0.15) is 6.61 Å². The second-order valence-electron chi connectivity index (χ2n) is 6.81. The van der Waals surface area contributed by atoms with Crippen molar-refractivity contribution in [3.63, 3.8) is 0 Å². The normalized spacial score (nSPS) is 11.3. The zero-order chi connectivity index (χ0) is 22.1. The van der Waals surface area contributed by atoms with Crippen LogP contribution in [0.1, 0.15) is 16.7 Å². The zero-order valence-corrected chi connectivity index (χ0v) is 17.8. The molecule has 0 aliphatic carbocycles.